The molecule has 0 spiro atoms. The molecule has 1 N–H and O–H groups in total. The molecule has 1 aromatic rings. The SMILES string of the molecule is CCNCC1(C[Si](C)(C)C)CCCc2ccccc21. The van der Waals surface area contributed by atoms with E-state index in [-0.39, 0.29) is 0 Å². The maximum atomic E-state index is 3.64. The zero-order valence-corrected chi connectivity index (χ0v) is 14.1. The molecule has 106 valence electrons. The number of rotatable bonds is 5. The van der Waals surface area contributed by atoms with E-state index in [4.69, 9.17) is 0 Å². The van der Waals surface area contributed by atoms with Gasteiger partial charge in [0.2, 0.25) is 0 Å². The molecule has 2 heteroatoms. The van der Waals surface area contributed by atoms with E-state index in [1.807, 2.05) is 0 Å². The fraction of sp³-hybridized carbons (Fsp3) is 0.647. The average Bonchev–Trinajstić information content (AvgIpc) is 2.35. The largest absolute Gasteiger partial charge is 0.316 e. The van der Waals surface area contributed by atoms with E-state index in [1.54, 1.807) is 11.1 Å². The summed E-state index contributed by atoms with van der Waals surface area (Å²) in [6.45, 7) is 12.0. The van der Waals surface area contributed by atoms with Crippen molar-refractivity contribution < 1.29 is 0 Å². The molecule has 0 fully saturated rings. The molecular formula is C17H29NSi. The van der Waals surface area contributed by atoms with Gasteiger partial charge in [0, 0.05) is 20.0 Å². The summed E-state index contributed by atoms with van der Waals surface area (Å²) in [4.78, 5) is 0. The third-order valence-corrected chi connectivity index (χ3v) is 6.01. The molecule has 0 amide bonds. The van der Waals surface area contributed by atoms with Gasteiger partial charge in [-0.05, 0) is 43.0 Å². The number of aryl methyl sites for hydroxylation is 1. The summed E-state index contributed by atoms with van der Waals surface area (Å²) < 4.78 is 0. The van der Waals surface area contributed by atoms with Crippen LogP contribution >= 0.6 is 0 Å². The average molecular weight is 276 g/mol. The molecule has 1 unspecified atom stereocenters. The smallest absolute Gasteiger partial charge is 0.0451 e. The summed E-state index contributed by atoms with van der Waals surface area (Å²) in [5.41, 5.74) is 3.64. The minimum absolute atomic E-state index is 0.398. The van der Waals surface area contributed by atoms with E-state index < -0.39 is 8.07 Å². The Hall–Kier alpha value is -0.603. The van der Waals surface area contributed by atoms with Crippen molar-refractivity contribution in [2.24, 2.45) is 0 Å². The van der Waals surface area contributed by atoms with Crippen molar-refractivity contribution >= 4 is 8.07 Å². The molecule has 0 aromatic heterocycles. The van der Waals surface area contributed by atoms with Gasteiger partial charge in [0.1, 0.15) is 0 Å². The molecule has 2 rings (SSSR count). The van der Waals surface area contributed by atoms with Crippen LogP contribution in [0.3, 0.4) is 0 Å². The van der Waals surface area contributed by atoms with E-state index in [0.717, 1.165) is 13.1 Å². The monoisotopic (exact) mass is 275 g/mol. The summed E-state index contributed by atoms with van der Waals surface area (Å²) in [5, 5.41) is 3.64. The molecule has 19 heavy (non-hydrogen) atoms. The van der Waals surface area contributed by atoms with E-state index in [1.165, 1.54) is 25.3 Å². The first-order chi connectivity index (χ1) is 8.97. The third kappa shape index (κ3) is 3.49. The Morgan fingerprint density at radius 1 is 1.21 bits per heavy atom. The van der Waals surface area contributed by atoms with Crippen LogP contribution in [-0.4, -0.2) is 21.2 Å². The lowest BCUT2D eigenvalue weighted by molar-refractivity contribution is 0.369. The first-order valence-corrected chi connectivity index (χ1v) is 11.5. The zero-order chi connectivity index (χ0) is 13.9. The van der Waals surface area contributed by atoms with Gasteiger partial charge in [0.25, 0.3) is 0 Å². The Morgan fingerprint density at radius 3 is 2.63 bits per heavy atom. The molecule has 0 saturated carbocycles. The van der Waals surface area contributed by atoms with Crippen LogP contribution in [0.2, 0.25) is 25.7 Å². The summed E-state index contributed by atoms with van der Waals surface area (Å²) in [6, 6.07) is 10.6. The van der Waals surface area contributed by atoms with Gasteiger partial charge in [-0.1, -0.05) is 50.8 Å². The van der Waals surface area contributed by atoms with Crippen LogP contribution in [-0.2, 0) is 11.8 Å². The van der Waals surface area contributed by atoms with Gasteiger partial charge in [-0.2, -0.15) is 0 Å². The first kappa shape index (κ1) is 14.8. The van der Waals surface area contributed by atoms with Crippen molar-refractivity contribution in [2.45, 2.75) is 57.3 Å². The van der Waals surface area contributed by atoms with Crippen LogP contribution in [0.25, 0.3) is 0 Å². The molecule has 0 radical (unpaired) electrons. The van der Waals surface area contributed by atoms with Crippen molar-refractivity contribution in [1.29, 1.82) is 0 Å². The highest BCUT2D eigenvalue weighted by Gasteiger charge is 2.39. The molecule has 0 saturated heterocycles. The maximum absolute atomic E-state index is 3.64. The predicted molar refractivity (Wildman–Crippen MR) is 87.8 cm³/mol. The van der Waals surface area contributed by atoms with Crippen molar-refractivity contribution in [3.63, 3.8) is 0 Å². The van der Waals surface area contributed by atoms with Crippen molar-refractivity contribution in [3.8, 4) is 0 Å². The van der Waals surface area contributed by atoms with Crippen LogP contribution < -0.4 is 5.32 Å². The number of hydrogen-bond acceptors (Lipinski definition) is 1. The summed E-state index contributed by atoms with van der Waals surface area (Å²) in [5.74, 6) is 0. The predicted octanol–water partition coefficient (Wildman–Crippen LogP) is 4.21. The number of nitrogens with one attached hydrogen (secondary N) is 1. The minimum atomic E-state index is -1.08. The highest BCUT2D eigenvalue weighted by Crippen LogP contribution is 2.42. The van der Waals surface area contributed by atoms with E-state index in [0.29, 0.717) is 5.41 Å². The highest BCUT2D eigenvalue weighted by atomic mass is 28.3. The molecule has 1 aromatic carbocycles. The third-order valence-electron chi connectivity index (χ3n) is 4.27. The fourth-order valence-corrected chi connectivity index (χ4v) is 6.34. The van der Waals surface area contributed by atoms with Crippen LogP contribution in [0.15, 0.2) is 24.3 Å². The Balaban J connectivity index is 2.38. The quantitative estimate of drug-likeness (QED) is 0.794. The summed E-state index contributed by atoms with van der Waals surface area (Å²) >= 11 is 0. The molecular weight excluding hydrogens is 246 g/mol. The number of likely N-dealkylation sites (N-methyl/N-ethyl adjacent to an activating group) is 1. The Bertz CT molecular complexity index is 422. The van der Waals surface area contributed by atoms with Gasteiger partial charge in [-0.15, -0.1) is 0 Å². The standard InChI is InChI=1S/C17H29NSi/c1-5-18-13-17(14-19(2,3)4)12-8-10-15-9-6-7-11-16(15)17/h6-7,9,11,18H,5,8,10,12-14H2,1-4H3. The lowest BCUT2D eigenvalue weighted by Gasteiger charge is -2.43. The molecule has 0 aliphatic heterocycles. The van der Waals surface area contributed by atoms with E-state index in [9.17, 15) is 0 Å². The molecule has 0 heterocycles. The van der Waals surface area contributed by atoms with E-state index >= 15 is 0 Å². The normalized spacial score (nSPS) is 23.2. The van der Waals surface area contributed by atoms with Gasteiger partial charge >= 0.3 is 0 Å². The Labute approximate surface area is 119 Å². The first-order valence-electron chi connectivity index (χ1n) is 7.76. The second kappa shape index (κ2) is 5.80. The lowest BCUT2D eigenvalue weighted by atomic mass is 9.71. The van der Waals surface area contributed by atoms with Gasteiger partial charge in [-0.25, -0.2) is 0 Å². The summed E-state index contributed by atoms with van der Waals surface area (Å²) in [6.07, 6.45) is 3.99. The maximum Gasteiger partial charge on any atom is 0.0451 e. The van der Waals surface area contributed by atoms with Crippen LogP contribution in [0.4, 0.5) is 0 Å². The molecule has 1 atom stereocenters. The molecule has 0 bridgehead atoms. The fourth-order valence-electron chi connectivity index (χ4n) is 3.82. The van der Waals surface area contributed by atoms with E-state index in [2.05, 4.69) is 56.1 Å². The number of fused-ring (bicyclic) bond motifs is 1. The van der Waals surface area contributed by atoms with Crippen molar-refractivity contribution in [2.75, 3.05) is 13.1 Å². The van der Waals surface area contributed by atoms with Gasteiger partial charge < -0.3 is 5.32 Å². The molecule has 1 aliphatic rings. The van der Waals surface area contributed by atoms with Crippen LogP contribution in [0.1, 0.15) is 30.9 Å². The topological polar surface area (TPSA) is 12.0 Å². The second-order valence-corrected chi connectivity index (χ2v) is 12.8. The second-order valence-electron chi connectivity index (χ2n) is 7.31. The van der Waals surface area contributed by atoms with Crippen molar-refractivity contribution in [3.05, 3.63) is 35.4 Å². The van der Waals surface area contributed by atoms with Gasteiger partial charge in [0.15, 0.2) is 0 Å². The number of benzene rings is 1. The molecule has 1 aliphatic carbocycles. The van der Waals surface area contributed by atoms with Gasteiger partial charge in [-0.3, -0.25) is 0 Å². The lowest BCUT2D eigenvalue weighted by Crippen LogP contribution is -2.45. The van der Waals surface area contributed by atoms with Gasteiger partial charge in [0.05, 0.1) is 0 Å². The minimum Gasteiger partial charge on any atom is -0.316 e. The zero-order valence-electron chi connectivity index (χ0n) is 13.1. The number of hydrogen-bond donors (Lipinski definition) is 1. The van der Waals surface area contributed by atoms with Crippen LogP contribution in [0, 0.1) is 0 Å². The molecule has 1 nitrogen and oxygen atoms in total. The Morgan fingerprint density at radius 2 is 1.95 bits per heavy atom. The van der Waals surface area contributed by atoms with Crippen molar-refractivity contribution in [1.82, 2.24) is 5.32 Å². The Kier molecular flexibility index (Phi) is 4.52. The summed E-state index contributed by atoms with van der Waals surface area (Å²) in [7, 11) is -1.08. The van der Waals surface area contributed by atoms with Crippen LogP contribution in [0.5, 0.6) is 0 Å². The highest BCUT2D eigenvalue weighted by molar-refractivity contribution is 6.76.